The van der Waals surface area contributed by atoms with Crippen molar-refractivity contribution in [2.75, 3.05) is 11.9 Å². The first-order chi connectivity index (χ1) is 21.2. The average Bonchev–Trinajstić information content (AvgIpc) is 3.23. The summed E-state index contributed by atoms with van der Waals surface area (Å²) in [6.45, 7) is 11.6. The number of hydrogen-bond acceptors (Lipinski definition) is 1. The summed E-state index contributed by atoms with van der Waals surface area (Å²) < 4.78 is 1.10. The van der Waals surface area contributed by atoms with E-state index in [9.17, 15) is 0 Å². The van der Waals surface area contributed by atoms with E-state index < -0.39 is 0 Å². The molecule has 0 aromatic heterocycles. The van der Waals surface area contributed by atoms with Crippen LogP contribution in [0.5, 0.6) is 0 Å². The topological polar surface area (TPSA) is 3.24 Å². The summed E-state index contributed by atoms with van der Waals surface area (Å²) in [4.78, 5) is 2.41. The van der Waals surface area contributed by atoms with E-state index in [4.69, 9.17) is 0 Å². The maximum atomic E-state index is 4.69. The number of anilines is 1. The predicted molar refractivity (Wildman–Crippen MR) is 193 cm³/mol. The minimum Gasteiger partial charge on any atom is -0.347 e. The highest BCUT2D eigenvalue weighted by Gasteiger charge is 2.43. The fourth-order valence-electron chi connectivity index (χ4n) is 7.25. The number of aryl methyl sites for hydroxylation is 1. The van der Waals surface area contributed by atoms with Crippen molar-refractivity contribution >= 4 is 32.4 Å². The van der Waals surface area contributed by atoms with Gasteiger partial charge >= 0.3 is 0 Å². The summed E-state index contributed by atoms with van der Waals surface area (Å²) in [6, 6.07) is 41.6. The molecule has 2 unspecified atom stereocenters. The third-order valence-corrected chi connectivity index (χ3v) is 10.1. The molecule has 5 aromatic rings. The van der Waals surface area contributed by atoms with Gasteiger partial charge in [0.25, 0.3) is 0 Å². The minimum atomic E-state index is -0.269. The van der Waals surface area contributed by atoms with Gasteiger partial charge in [-0.1, -0.05) is 145 Å². The van der Waals surface area contributed by atoms with Crippen molar-refractivity contribution in [1.29, 1.82) is 0 Å². The molecule has 220 valence electrons. The first kappa shape index (κ1) is 29.9. The zero-order valence-electron chi connectivity index (χ0n) is 26.1. The Kier molecular flexibility index (Phi) is 8.22. The molecule has 1 heterocycles. The highest BCUT2D eigenvalue weighted by Crippen LogP contribution is 2.51. The lowest BCUT2D eigenvalue weighted by Gasteiger charge is -2.33. The summed E-state index contributed by atoms with van der Waals surface area (Å²) >= 11 is 3.66. The van der Waals surface area contributed by atoms with Gasteiger partial charge in [-0.25, -0.2) is 0 Å². The molecule has 0 aliphatic carbocycles. The molecule has 0 saturated carbocycles. The van der Waals surface area contributed by atoms with Crippen LogP contribution < -0.4 is 4.90 Å². The molecular formula is C42H40BrN. The van der Waals surface area contributed by atoms with E-state index in [2.05, 4.69) is 189 Å². The molecule has 6 rings (SSSR count). The van der Waals surface area contributed by atoms with Crippen molar-refractivity contribution in [1.82, 2.24) is 0 Å². The van der Waals surface area contributed by atoms with Gasteiger partial charge < -0.3 is 4.90 Å². The molecule has 1 aliphatic heterocycles. The highest BCUT2D eigenvalue weighted by atomic mass is 79.9. The molecule has 2 heteroatoms. The van der Waals surface area contributed by atoms with Gasteiger partial charge in [-0.2, -0.15) is 0 Å². The van der Waals surface area contributed by atoms with Gasteiger partial charge in [-0.3, -0.25) is 0 Å². The number of rotatable bonds is 8. The molecule has 0 spiro atoms. The van der Waals surface area contributed by atoms with Gasteiger partial charge in [-0.15, -0.1) is 0 Å². The Balaban J connectivity index is 1.42. The van der Waals surface area contributed by atoms with Gasteiger partial charge in [0, 0.05) is 33.4 Å². The Labute approximate surface area is 271 Å². The molecule has 0 radical (unpaired) electrons. The molecule has 5 aromatic carbocycles. The molecule has 0 bridgehead atoms. The summed E-state index contributed by atoms with van der Waals surface area (Å²) in [7, 11) is 2.22. The predicted octanol–water partition coefficient (Wildman–Crippen LogP) is 11.1. The number of allylic oxidation sites excluding steroid dienone is 5. The second-order valence-corrected chi connectivity index (χ2v) is 13.5. The first-order valence-corrected chi connectivity index (χ1v) is 16.2. The van der Waals surface area contributed by atoms with E-state index in [1.807, 2.05) is 0 Å². The Morgan fingerprint density at radius 3 is 2.23 bits per heavy atom. The Bertz CT molecular complexity index is 1880. The molecule has 44 heavy (non-hydrogen) atoms. The second kappa shape index (κ2) is 12.1. The molecule has 1 aliphatic rings. The third kappa shape index (κ3) is 5.48. The number of fused-ring (bicyclic) bond motifs is 3. The van der Waals surface area contributed by atoms with Crippen molar-refractivity contribution in [2.45, 2.75) is 44.4 Å². The van der Waals surface area contributed by atoms with E-state index in [1.54, 1.807) is 0 Å². The fraction of sp³-hybridized carbons (Fsp3) is 0.190. The van der Waals surface area contributed by atoms with E-state index in [1.165, 1.54) is 50.0 Å². The van der Waals surface area contributed by atoms with E-state index in [-0.39, 0.29) is 10.8 Å². The summed E-state index contributed by atoms with van der Waals surface area (Å²) in [5, 5.41) is 2.57. The lowest BCUT2D eigenvalue weighted by atomic mass is 9.70. The van der Waals surface area contributed by atoms with Crippen molar-refractivity contribution in [3.63, 3.8) is 0 Å². The largest absolute Gasteiger partial charge is 0.347 e. The summed E-state index contributed by atoms with van der Waals surface area (Å²) in [5.74, 6) is 0. The van der Waals surface area contributed by atoms with Gasteiger partial charge in [0.05, 0.1) is 5.69 Å². The van der Waals surface area contributed by atoms with Gasteiger partial charge in [0.15, 0.2) is 0 Å². The van der Waals surface area contributed by atoms with Crippen molar-refractivity contribution in [3.8, 4) is 0 Å². The van der Waals surface area contributed by atoms with Crippen LogP contribution in [0.25, 0.3) is 10.8 Å². The Hall–Kier alpha value is -4.14. The monoisotopic (exact) mass is 637 g/mol. The van der Waals surface area contributed by atoms with Crippen LogP contribution in [0.2, 0.25) is 0 Å². The van der Waals surface area contributed by atoms with Crippen molar-refractivity contribution in [2.24, 2.45) is 0 Å². The van der Waals surface area contributed by atoms with Gasteiger partial charge in [0.2, 0.25) is 0 Å². The zero-order chi connectivity index (χ0) is 30.9. The van der Waals surface area contributed by atoms with Crippen LogP contribution in [0.3, 0.4) is 0 Å². The Morgan fingerprint density at radius 1 is 0.864 bits per heavy atom. The molecule has 1 nitrogen and oxygen atoms in total. The van der Waals surface area contributed by atoms with Crippen LogP contribution in [0.4, 0.5) is 5.69 Å². The molecule has 0 amide bonds. The fourth-order valence-corrected chi connectivity index (χ4v) is 7.72. The molecule has 0 fully saturated rings. The minimum absolute atomic E-state index is 0.184. The van der Waals surface area contributed by atoms with Crippen molar-refractivity contribution < 1.29 is 0 Å². The maximum Gasteiger partial charge on any atom is 0.0527 e. The lowest BCUT2D eigenvalue weighted by Crippen LogP contribution is -2.29. The molecule has 0 saturated heterocycles. The van der Waals surface area contributed by atoms with E-state index >= 15 is 0 Å². The van der Waals surface area contributed by atoms with Crippen LogP contribution in [0, 0.1) is 6.92 Å². The number of nitrogens with zero attached hydrogens (tertiary/aromatic N) is 1. The van der Waals surface area contributed by atoms with Gasteiger partial charge in [-0.05, 0) is 83.7 Å². The standard InChI is InChI=1S/C42H40BrN/c1-30-27-35(43)24-26-37(30)41(3,28-32-16-8-6-9-17-32)31(2)15-14-22-39-42(4,29-33-18-10-7-11-19-33)38-25-23-34-20-12-13-21-36(34)40(38)44(39)5/h6-27H,2,28-29H2,1,3-5H3/b15-14+,39-22+. The number of benzene rings is 5. The number of halogens is 1. The van der Waals surface area contributed by atoms with Crippen LogP contribution in [-0.2, 0) is 23.7 Å². The molecule has 0 N–H and O–H groups in total. The molecule has 2 atom stereocenters. The van der Waals surface area contributed by atoms with Crippen LogP contribution in [0.1, 0.15) is 41.7 Å². The smallest absolute Gasteiger partial charge is 0.0527 e. The normalized spacial score (nSPS) is 18.6. The van der Waals surface area contributed by atoms with Gasteiger partial charge in [0.1, 0.15) is 0 Å². The number of hydrogen-bond donors (Lipinski definition) is 0. The summed E-state index contributed by atoms with van der Waals surface area (Å²) in [6.07, 6.45) is 8.57. The highest BCUT2D eigenvalue weighted by molar-refractivity contribution is 9.10. The summed E-state index contributed by atoms with van der Waals surface area (Å²) in [5.41, 5.74) is 9.82. The SMILES string of the molecule is C=C(/C=C/C=C1/N(C)c2c(ccc3ccccc23)C1(C)Cc1ccccc1)C(C)(Cc1ccccc1)c1ccc(Br)cc1C. The zero-order valence-corrected chi connectivity index (χ0v) is 27.7. The van der Waals surface area contributed by atoms with Crippen molar-refractivity contribution in [3.05, 3.63) is 184 Å². The van der Waals surface area contributed by atoms with Crippen LogP contribution in [-0.4, -0.2) is 7.05 Å². The first-order valence-electron chi connectivity index (χ1n) is 15.4. The van der Waals surface area contributed by atoms with E-state index in [0.717, 1.165) is 22.9 Å². The average molecular weight is 639 g/mol. The van der Waals surface area contributed by atoms with E-state index in [0.29, 0.717) is 0 Å². The van der Waals surface area contributed by atoms with Crippen LogP contribution >= 0.6 is 15.9 Å². The second-order valence-electron chi connectivity index (χ2n) is 12.6. The maximum absolute atomic E-state index is 4.69. The Morgan fingerprint density at radius 2 is 1.52 bits per heavy atom. The number of likely N-dealkylation sites (N-methyl/N-ethyl adjacent to an activating group) is 1. The lowest BCUT2D eigenvalue weighted by molar-refractivity contribution is 0.563. The third-order valence-electron chi connectivity index (χ3n) is 9.60. The quantitative estimate of drug-likeness (QED) is 0.153. The van der Waals surface area contributed by atoms with Crippen LogP contribution in [0.15, 0.2) is 156 Å². The molecular weight excluding hydrogens is 598 g/mol.